The van der Waals surface area contributed by atoms with Crippen LogP contribution in [-0.2, 0) is 25.4 Å². The molecule has 112 heavy (non-hydrogen) atoms. The number of ether oxygens (including phenoxy) is 3. The number of hydrogen-bond donors (Lipinski definition) is 0. The molecule has 12 nitrogen and oxygen atoms in total. The lowest BCUT2D eigenvalue weighted by Gasteiger charge is -2.30. The smallest absolute Gasteiger partial charge is 0.204 e. The summed E-state index contributed by atoms with van der Waals surface area (Å²) in [5.74, 6) is -1.08. The van der Waals surface area contributed by atoms with Gasteiger partial charge in [0, 0.05) is 78.6 Å². The standard InChI is InChI=1S/C38H39F2N3O.C33H39N3O.C27H27N3O/c1-8-43(9-2)31-18-15-27(16-19-31)13-14-29-21-28(23-37(4,5)24-29)11-10-12-33-32(25-41)36(26(3)42-7)44-38(33,6)30-17-20-34(39)35(40)22-30;1-9-36(10-2)28-18-16-25(17-19-28)14-15-27-20-26(21-32(4,5)22-27)12-11-13-30-29(23-34)31(24(3)35-8)37-33(30,6)7;1-5-30(6-2)23-15-12-21(13-16-23)14-17-25-24(19-29)26(20(3)18-28)31-27(25,4)22-10-8-7-9-11-22/h10-22H,8-9,23-24H2,1-6H3;11-20H,9-10,21-22H2,1-7H3;7-17H,5-6H2,1-4H3/b12-10+,14-13+,28-11-,36-26-;13-11+,15-14+,26-12-,31-24-;17-14+,26-20-. The number of halogens is 2. The number of benzene rings is 5. The molecule has 2 unspecified atom stereocenters. The minimum absolute atomic E-state index is 0.0526. The normalized spacial score (nSPS) is 21.0. The van der Waals surface area contributed by atoms with E-state index in [2.05, 4.69) is 233 Å². The fourth-order valence-electron chi connectivity index (χ4n) is 14.9. The van der Waals surface area contributed by atoms with Crippen LogP contribution in [0.3, 0.4) is 0 Å². The molecule has 5 aromatic carbocycles. The first-order valence-corrected chi connectivity index (χ1v) is 38.5. The summed E-state index contributed by atoms with van der Waals surface area (Å²) in [7, 11) is 0. The summed E-state index contributed by atoms with van der Waals surface area (Å²) in [4.78, 5) is 13.9. The maximum atomic E-state index is 14.3. The average molecular weight is 1490 g/mol. The second-order valence-corrected chi connectivity index (χ2v) is 30.7. The zero-order valence-electron chi connectivity index (χ0n) is 68.2. The number of nitriles is 4. The Morgan fingerprint density at radius 3 is 1.21 bits per heavy atom. The van der Waals surface area contributed by atoms with E-state index in [-0.39, 0.29) is 27.9 Å². The van der Waals surface area contributed by atoms with Crippen LogP contribution in [0.15, 0.2) is 278 Å². The minimum atomic E-state index is -1.29. The highest BCUT2D eigenvalue weighted by Crippen LogP contribution is 2.50. The van der Waals surface area contributed by atoms with E-state index < -0.39 is 28.4 Å². The lowest BCUT2D eigenvalue weighted by atomic mass is 9.75. The van der Waals surface area contributed by atoms with Gasteiger partial charge in [-0.25, -0.2) is 18.5 Å². The van der Waals surface area contributed by atoms with Gasteiger partial charge in [-0.1, -0.05) is 186 Å². The van der Waals surface area contributed by atoms with Crippen molar-refractivity contribution >= 4 is 35.3 Å². The third kappa shape index (κ3) is 20.6. The van der Waals surface area contributed by atoms with Crippen LogP contribution in [0.4, 0.5) is 25.8 Å². The highest BCUT2D eigenvalue weighted by Gasteiger charge is 2.45. The quantitative estimate of drug-likeness (QED) is 0.0515. The summed E-state index contributed by atoms with van der Waals surface area (Å²) >= 11 is 0. The molecule has 0 spiro atoms. The fraction of sp³-hybridized carbons (Fsp3) is 0.327. The van der Waals surface area contributed by atoms with Crippen LogP contribution in [0.2, 0.25) is 0 Å². The first-order valence-electron chi connectivity index (χ1n) is 38.5. The molecule has 0 fully saturated rings. The maximum absolute atomic E-state index is 14.3. The van der Waals surface area contributed by atoms with Crippen molar-refractivity contribution < 1.29 is 23.0 Å². The molecule has 3 heterocycles. The molecule has 0 aromatic heterocycles. The van der Waals surface area contributed by atoms with Crippen molar-refractivity contribution in [2.24, 2.45) is 10.8 Å². The van der Waals surface area contributed by atoms with Crippen LogP contribution in [0, 0.1) is 80.9 Å². The van der Waals surface area contributed by atoms with E-state index in [1.165, 1.54) is 45.4 Å². The molecule has 0 bridgehead atoms. The molecule has 14 heteroatoms. The Labute approximate surface area is 665 Å². The molecular weight excluding hydrogens is 1390 g/mol. The van der Waals surface area contributed by atoms with Crippen molar-refractivity contribution in [3.8, 4) is 24.3 Å². The third-order valence-electron chi connectivity index (χ3n) is 20.9. The molecule has 5 aromatic rings. The summed E-state index contributed by atoms with van der Waals surface area (Å²) < 4.78 is 46.5. The third-order valence-corrected chi connectivity index (χ3v) is 20.9. The number of rotatable bonds is 21. The molecule has 0 saturated carbocycles. The van der Waals surface area contributed by atoms with Gasteiger partial charge in [0.05, 0.1) is 35.9 Å². The molecule has 0 saturated heterocycles. The molecule has 0 radical (unpaired) electrons. The van der Waals surface area contributed by atoms with Gasteiger partial charge < -0.3 is 28.9 Å². The van der Waals surface area contributed by atoms with Crippen LogP contribution < -0.4 is 14.7 Å². The first kappa shape index (κ1) is 85.4. The molecule has 574 valence electrons. The zero-order valence-corrected chi connectivity index (χ0v) is 68.2. The molecular formula is C98H105F2N9O3. The number of anilines is 3. The summed E-state index contributed by atoms with van der Waals surface area (Å²) in [5.41, 5.74) is 14.8. The van der Waals surface area contributed by atoms with Crippen LogP contribution in [0.25, 0.3) is 27.9 Å². The number of allylic oxidation sites excluding steroid dienone is 18. The van der Waals surface area contributed by atoms with Gasteiger partial charge in [-0.3, -0.25) is 0 Å². The van der Waals surface area contributed by atoms with Gasteiger partial charge in [0.25, 0.3) is 0 Å². The van der Waals surface area contributed by atoms with Crippen LogP contribution in [-0.4, -0.2) is 44.9 Å². The highest BCUT2D eigenvalue weighted by molar-refractivity contribution is 5.67. The summed E-state index contributed by atoms with van der Waals surface area (Å²) in [6.07, 6.45) is 32.8. The first-order chi connectivity index (χ1) is 53.4. The van der Waals surface area contributed by atoms with E-state index in [4.69, 9.17) is 27.4 Å². The monoisotopic (exact) mass is 1490 g/mol. The average Bonchev–Trinajstić information content (AvgIpc) is 1.68. The molecule has 5 aliphatic rings. The van der Waals surface area contributed by atoms with Crippen molar-refractivity contribution in [1.29, 1.82) is 21.0 Å². The van der Waals surface area contributed by atoms with E-state index in [1.807, 2.05) is 87.6 Å². The lowest BCUT2D eigenvalue weighted by Crippen LogP contribution is -2.23. The largest absolute Gasteiger partial charge is 0.493 e. The van der Waals surface area contributed by atoms with Gasteiger partial charge in [-0.2, -0.15) is 21.0 Å². The zero-order chi connectivity index (χ0) is 81.7. The summed E-state index contributed by atoms with van der Waals surface area (Å²) in [6, 6.07) is 47.9. The van der Waals surface area contributed by atoms with Gasteiger partial charge in [0.2, 0.25) is 11.4 Å². The molecule has 0 N–H and O–H groups in total. The topological polar surface area (TPSA) is 141 Å². The predicted octanol–water partition coefficient (Wildman–Crippen LogP) is 24.6. The van der Waals surface area contributed by atoms with E-state index in [0.717, 1.165) is 110 Å². The van der Waals surface area contributed by atoms with Crippen LogP contribution in [0.1, 0.15) is 171 Å². The number of hydrogen-bond acceptors (Lipinski definition) is 10. The minimum Gasteiger partial charge on any atom is -0.493 e. The van der Waals surface area contributed by atoms with E-state index in [9.17, 15) is 29.8 Å². The van der Waals surface area contributed by atoms with E-state index >= 15 is 0 Å². The molecule has 3 aliphatic heterocycles. The van der Waals surface area contributed by atoms with Crippen molar-refractivity contribution in [2.45, 2.75) is 160 Å². The Morgan fingerprint density at radius 1 is 0.438 bits per heavy atom. The second-order valence-electron chi connectivity index (χ2n) is 30.7. The van der Waals surface area contributed by atoms with Crippen LogP contribution in [0.5, 0.6) is 0 Å². The fourth-order valence-corrected chi connectivity index (χ4v) is 14.9. The van der Waals surface area contributed by atoms with Crippen molar-refractivity contribution in [1.82, 2.24) is 0 Å². The van der Waals surface area contributed by atoms with Crippen molar-refractivity contribution in [2.75, 3.05) is 54.0 Å². The SMILES string of the molecule is CCN(CC)c1ccc(/C=C/C2=C(C#N)C(=C(\C)C#N)/OC2(C)c2ccccc2)cc1.[C-]#[N+]/C(C)=C1\OC(C)(C)C(/C=C/C=C2C=C(/C=C/c3ccc(N(CC)CC)cc3)CC(C)(C)C/2)=C1C#N.[C-]#[N+]/C(C)=C1\OC(C)(c2ccc(F)c(F)c2)C(/C=C/C=C2C=C(/C=C/c3ccc(N(CC)CC)cc3)CC(C)(C)C/2)=C1C#N. The molecule has 10 rings (SSSR count). The second kappa shape index (κ2) is 38.0. The Hall–Kier alpha value is -12.2. The molecule has 0 amide bonds. The Bertz CT molecular complexity index is 5080. The summed E-state index contributed by atoms with van der Waals surface area (Å²) in [5, 5.41) is 39.2. The van der Waals surface area contributed by atoms with Gasteiger partial charge in [-0.15, -0.1) is 0 Å². The summed E-state index contributed by atoms with van der Waals surface area (Å²) in [6.45, 7) is 55.2. The van der Waals surface area contributed by atoms with E-state index in [0.29, 0.717) is 45.1 Å². The van der Waals surface area contributed by atoms with Gasteiger partial charge in [0.15, 0.2) is 28.6 Å². The van der Waals surface area contributed by atoms with Gasteiger partial charge in [0.1, 0.15) is 40.9 Å². The van der Waals surface area contributed by atoms with Crippen LogP contribution >= 0.6 is 0 Å². The van der Waals surface area contributed by atoms with Gasteiger partial charge in [-0.05, 0) is 220 Å². The van der Waals surface area contributed by atoms with E-state index in [1.54, 1.807) is 33.8 Å². The Morgan fingerprint density at radius 2 is 0.812 bits per heavy atom. The van der Waals surface area contributed by atoms with Gasteiger partial charge >= 0.3 is 0 Å². The highest BCUT2D eigenvalue weighted by atomic mass is 19.2. The lowest BCUT2D eigenvalue weighted by molar-refractivity contribution is 0.0743. The van der Waals surface area contributed by atoms with Crippen molar-refractivity contribution in [3.63, 3.8) is 0 Å². The number of nitrogens with zero attached hydrogens (tertiary/aromatic N) is 9. The molecule has 2 atom stereocenters. The molecule has 2 aliphatic carbocycles. The Balaban J connectivity index is 0.000000214. The van der Waals surface area contributed by atoms with Crippen molar-refractivity contribution in [3.05, 3.63) is 340 Å². The maximum Gasteiger partial charge on any atom is 0.204 e. The Kier molecular flexibility index (Phi) is 28.9. The predicted molar refractivity (Wildman–Crippen MR) is 453 cm³/mol.